The average molecular weight is 348 g/mol. The van der Waals surface area contributed by atoms with Crippen molar-refractivity contribution in [1.82, 2.24) is 24.5 Å². The molecule has 3 heterocycles. The maximum absolute atomic E-state index is 12.1. The number of rotatable bonds is 5. The minimum absolute atomic E-state index is 0.154. The standard InChI is InChI=1S/C17H28N6O2/c1-12-13(17(2,3)4)19-14(15-20-21-16(24)23(12)15)18-6-5-7-22-8-10-25-11-9-22/h5-11H2,1-4H3,(H,18,19)(H,21,24). The number of ether oxygens (including phenoxy) is 1. The van der Waals surface area contributed by atoms with Crippen molar-refractivity contribution in [2.75, 3.05) is 44.7 Å². The van der Waals surface area contributed by atoms with E-state index in [2.05, 4.69) is 41.2 Å². The van der Waals surface area contributed by atoms with Crippen LogP contribution in [0.1, 0.15) is 38.6 Å². The Kier molecular flexibility index (Phi) is 5.10. The predicted molar refractivity (Wildman–Crippen MR) is 97.4 cm³/mol. The first-order valence-corrected chi connectivity index (χ1v) is 8.90. The second-order valence-corrected chi connectivity index (χ2v) is 7.57. The van der Waals surface area contributed by atoms with Crippen LogP contribution in [0.2, 0.25) is 0 Å². The second kappa shape index (κ2) is 7.13. The molecule has 8 heteroatoms. The molecule has 25 heavy (non-hydrogen) atoms. The van der Waals surface area contributed by atoms with Crippen LogP contribution in [0.4, 0.5) is 5.82 Å². The lowest BCUT2D eigenvalue weighted by Crippen LogP contribution is -2.37. The van der Waals surface area contributed by atoms with E-state index < -0.39 is 0 Å². The molecule has 0 spiro atoms. The van der Waals surface area contributed by atoms with Gasteiger partial charge in [0, 0.05) is 30.7 Å². The van der Waals surface area contributed by atoms with E-state index in [1.165, 1.54) is 0 Å². The van der Waals surface area contributed by atoms with Gasteiger partial charge in [-0.25, -0.2) is 19.3 Å². The number of anilines is 1. The largest absolute Gasteiger partial charge is 0.379 e. The molecule has 1 aliphatic rings. The van der Waals surface area contributed by atoms with Crippen LogP contribution in [-0.2, 0) is 10.2 Å². The number of aromatic amines is 1. The molecule has 2 aromatic heterocycles. The number of fused-ring (bicyclic) bond motifs is 1. The fraction of sp³-hybridized carbons (Fsp3) is 0.706. The molecule has 0 saturated carbocycles. The highest BCUT2D eigenvalue weighted by Gasteiger charge is 2.23. The van der Waals surface area contributed by atoms with Crippen LogP contribution < -0.4 is 11.0 Å². The van der Waals surface area contributed by atoms with E-state index in [1.54, 1.807) is 4.40 Å². The van der Waals surface area contributed by atoms with E-state index in [9.17, 15) is 4.79 Å². The third kappa shape index (κ3) is 3.85. The van der Waals surface area contributed by atoms with E-state index in [4.69, 9.17) is 9.72 Å². The molecule has 1 aliphatic heterocycles. The van der Waals surface area contributed by atoms with Crippen LogP contribution in [0.5, 0.6) is 0 Å². The lowest BCUT2D eigenvalue weighted by atomic mass is 9.90. The molecule has 8 nitrogen and oxygen atoms in total. The Hall–Kier alpha value is -1.93. The molecule has 1 saturated heterocycles. The molecule has 0 aromatic carbocycles. The molecule has 2 aromatic rings. The van der Waals surface area contributed by atoms with Gasteiger partial charge in [-0.1, -0.05) is 20.8 Å². The summed E-state index contributed by atoms with van der Waals surface area (Å²) in [5.74, 6) is 0.663. The minimum Gasteiger partial charge on any atom is -0.379 e. The number of H-pyrrole nitrogens is 1. The number of nitrogens with one attached hydrogen (secondary N) is 2. The maximum Gasteiger partial charge on any atom is 0.348 e. The molecule has 0 atom stereocenters. The average Bonchev–Trinajstić information content (AvgIpc) is 2.96. The second-order valence-electron chi connectivity index (χ2n) is 7.57. The van der Waals surface area contributed by atoms with Gasteiger partial charge >= 0.3 is 5.69 Å². The van der Waals surface area contributed by atoms with E-state index in [1.807, 2.05) is 6.92 Å². The van der Waals surface area contributed by atoms with Crippen molar-refractivity contribution in [3.05, 3.63) is 21.9 Å². The zero-order valence-corrected chi connectivity index (χ0v) is 15.6. The fourth-order valence-electron chi connectivity index (χ4n) is 3.28. The molecular formula is C17H28N6O2. The smallest absolute Gasteiger partial charge is 0.348 e. The summed E-state index contributed by atoms with van der Waals surface area (Å²) in [4.78, 5) is 19.3. The zero-order chi connectivity index (χ0) is 18.0. The zero-order valence-electron chi connectivity index (χ0n) is 15.6. The van der Waals surface area contributed by atoms with Gasteiger partial charge in [0.1, 0.15) is 0 Å². The Morgan fingerprint density at radius 2 is 2.00 bits per heavy atom. The highest BCUT2D eigenvalue weighted by atomic mass is 16.5. The van der Waals surface area contributed by atoms with Crippen molar-refractivity contribution in [2.45, 2.75) is 39.5 Å². The predicted octanol–water partition coefficient (Wildman–Crippen LogP) is 1.16. The number of nitrogens with zero attached hydrogens (tertiary/aromatic N) is 4. The van der Waals surface area contributed by atoms with Crippen LogP contribution in [0.3, 0.4) is 0 Å². The number of hydrogen-bond donors (Lipinski definition) is 2. The van der Waals surface area contributed by atoms with Crippen LogP contribution in [0.25, 0.3) is 5.65 Å². The van der Waals surface area contributed by atoms with Gasteiger partial charge in [-0.2, -0.15) is 0 Å². The summed E-state index contributed by atoms with van der Waals surface area (Å²) in [6, 6.07) is 0. The Labute approximate surface area is 147 Å². The summed E-state index contributed by atoms with van der Waals surface area (Å²) in [7, 11) is 0. The highest BCUT2D eigenvalue weighted by molar-refractivity contribution is 5.63. The van der Waals surface area contributed by atoms with Crippen molar-refractivity contribution in [1.29, 1.82) is 0 Å². The number of morpholine rings is 1. The molecule has 1 fully saturated rings. The molecular weight excluding hydrogens is 320 g/mol. The first kappa shape index (κ1) is 17.9. The van der Waals surface area contributed by atoms with Crippen LogP contribution in [0.15, 0.2) is 4.79 Å². The molecule has 0 bridgehead atoms. The first-order valence-electron chi connectivity index (χ1n) is 8.90. The lowest BCUT2D eigenvalue weighted by molar-refractivity contribution is 0.0378. The van der Waals surface area contributed by atoms with Crippen molar-refractivity contribution < 1.29 is 4.74 Å². The number of aromatic nitrogens is 4. The number of hydrogen-bond acceptors (Lipinski definition) is 6. The summed E-state index contributed by atoms with van der Waals surface area (Å²) in [5.41, 5.74) is 1.91. The van der Waals surface area contributed by atoms with Gasteiger partial charge in [-0.15, -0.1) is 5.10 Å². The van der Waals surface area contributed by atoms with Crippen LogP contribution >= 0.6 is 0 Å². The normalized spacial score (nSPS) is 16.5. The van der Waals surface area contributed by atoms with Gasteiger partial charge < -0.3 is 10.1 Å². The summed E-state index contributed by atoms with van der Waals surface area (Å²) >= 11 is 0. The Balaban J connectivity index is 1.76. The Morgan fingerprint density at radius 1 is 1.28 bits per heavy atom. The molecule has 0 radical (unpaired) electrons. The van der Waals surface area contributed by atoms with E-state index in [-0.39, 0.29) is 11.1 Å². The molecule has 0 unspecified atom stereocenters. The van der Waals surface area contributed by atoms with Crippen LogP contribution in [-0.4, -0.2) is 63.9 Å². The molecule has 0 aliphatic carbocycles. The Morgan fingerprint density at radius 3 is 2.68 bits per heavy atom. The topological polar surface area (TPSA) is 87.5 Å². The first-order chi connectivity index (χ1) is 11.9. The van der Waals surface area contributed by atoms with Gasteiger partial charge in [0.15, 0.2) is 5.82 Å². The van der Waals surface area contributed by atoms with Crippen molar-refractivity contribution in [2.24, 2.45) is 0 Å². The third-order valence-corrected chi connectivity index (χ3v) is 4.54. The molecule has 2 N–H and O–H groups in total. The maximum atomic E-state index is 12.1. The van der Waals surface area contributed by atoms with E-state index in [0.29, 0.717) is 11.5 Å². The minimum atomic E-state index is -0.225. The summed E-state index contributed by atoms with van der Waals surface area (Å²) < 4.78 is 6.98. The summed E-state index contributed by atoms with van der Waals surface area (Å²) in [5, 5.41) is 10.0. The van der Waals surface area contributed by atoms with Gasteiger partial charge in [0.05, 0.1) is 18.9 Å². The summed E-state index contributed by atoms with van der Waals surface area (Å²) in [6.45, 7) is 13.7. The quantitative estimate of drug-likeness (QED) is 0.789. The SMILES string of the molecule is Cc1c(C(C)(C)C)nc(NCCCN2CCOCC2)c2n[nH]c(=O)n12. The molecule has 3 rings (SSSR count). The molecule has 138 valence electrons. The third-order valence-electron chi connectivity index (χ3n) is 4.54. The van der Waals surface area contributed by atoms with Crippen molar-refractivity contribution >= 4 is 11.5 Å². The molecule has 0 amide bonds. The van der Waals surface area contributed by atoms with Crippen molar-refractivity contribution in [3.8, 4) is 0 Å². The lowest BCUT2D eigenvalue weighted by Gasteiger charge is -2.26. The highest BCUT2D eigenvalue weighted by Crippen LogP contribution is 2.26. The van der Waals surface area contributed by atoms with Crippen molar-refractivity contribution in [3.63, 3.8) is 0 Å². The van der Waals surface area contributed by atoms with E-state index >= 15 is 0 Å². The van der Waals surface area contributed by atoms with Gasteiger partial charge in [0.25, 0.3) is 0 Å². The van der Waals surface area contributed by atoms with Gasteiger partial charge in [0.2, 0.25) is 5.65 Å². The Bertz CT molecular complexity index is 783. The van der Waals surface area contributed by atoms with Crippen LogP contribution in [0, 0.1) is 6.92 Å². The van der Waals surface area contributed by atoms with Gasteiger partial charge in [-0.3, -0.25) is 4.90 Å². The fourth-order valence-corrected chi connectivity index (χ4v) is 3.28. The van der Waals surface area contributed by atoms with E-state index in [0.717, 1.165) is 57.2 Å². The monoisotopic (exact) mass is 348 g/mol. The van der Waals surface area contributed by atoms with Gasteiger partial charge in [-0.05, 0) is 19.9 Å². The summed E-state index contributed by atoms with van der Waals surface area (Å²) in [6.07, 6.45) is 1.00. The number of aryl methyl sites for hydroxylation is 1.